The van der Waals surface area contributed by atoms with Crippen molar-refractivity contribution >= 4 is 22.7 Å². The molecule has 0 radical (unpaired) electrons. The van der Waals surface area contributed by atoms with Crippen LogP contribution in [0.3, 0.4) is 0 Å². The smallest absolute Gasteiger partial charge is 0.212 e. The van der Waals surface area contributed by atoms with Gasteiger partial charge in [0.25, 0.3) is 0 Å². The maximum atomic E-state index is 5.96. The molecule has 0 bridgehead atoms. The van der Waals surface area contributed by atoms with Gasteiger partial charge in [-0.1, -0.05) is 17.7 Å². The molecule has 0 amide bonds. The van der Waals surface area contributed by atoms with E-state index >= 15 is 0 Å². The molecule has 0 saturated heterocycles. The molecule has 74 valence electrons. The van der Waals surface area contributed by atoms with Gasteiger partial charge in [0, 0.05) is 0 Å². The first kappa shape index (κ1) is 9.49. The third-order valence-electron chi connectivity index (χ3n) is 2.19. The van der Waals surface area contributed by atoms with Gasteiger partial charge in [-0.3, -0.25) is 0 Å². The van der Waals surface area contributed by atoms with E-state index in [1.807, 2.05) is 26.1 Å². The Bertz CT molecular complexity index is 452. The molecule has 1 N–H and O–H groups in total. The van der Waals surface area contributed by atoms with Gasteiger partial charge >= 0.3 is 0 Å². The van der Waals surface area contributed by atoms with E-state index < -0.39 is 0 Å². The van der Waals surface area contributed by atoms with Crippen LogP contribution in [-0.4, -0.2) is 12.0 Å². The summed E-state index contributed by atoms with van der Waals surface area (Å²) in [5.41, 5.74) is 1.46. The van der Waals surface area contributed by atoms with Crippen molar-refractivity contribution in [1.29, 1.82) is 0 Å². The molecule has 0 aliphatic heterocycles. The second kappa shape index (κ2) is 3.59. The van der Waals surface area contributed by atoms with Gasteiger partial charge in [-0.05, 0) is 26.1 Å². The topological polar surface area (TPSA) is 38.1 Å². The molecule has 1 heterocycles. The first-order valence-electron chi connectivity index (χ1n) is 4.44. The number of nitrogens with one attached hydrogen (secondary N) is 1. The number of fused-ring (bicyclic) bond motifs is 1. The van der Waals surface area contributed by atoms with Crippen molar-refractivity contribution in [2.45, 2.75) is 13.0 Å². The molecule has 3 nitrogen and oxygen atoms in total. The third kappa shape index (κ3) is 1.49. The van der Waals surface area contributed by atoms with Crippen LogP contribution in [0.15, 0.2) is 22.6 Å². The van der Waals surface area contributed by atoms with Gasteiger partial charge in [-0.15, -0.1) is 0 Å². The van der Waals surface area contributed by atoms with Gasteiger partial charge in [0.15, 0.2) is 5.58 Å². The predicted molar refractivity (Wildman–Crippen MR) is 56.5 cm³/mol. The van der Waals surface area contributed by atoms with Gasteiger partial charge in [0.05, 0.1) is 11.1 Å². The number of hydrogen-bond donors (Lipinski definition) is 1. The minimum atomic E-state index is 0.0958. The zero-order valence-electron chi connectivity index (χ0n) is 8.04. The SMILES string of the molecule is CNC(C)c1nc2cccc(Cl)c2o1. The first-order chi connectivity index (χ1) is 6.72. The summed E-state index contributed by atoms with van der Waals surface area (Å²) in [7, 11) is 1.86. The largest absolute Gasteiger partial charge is 0.437 e. The lowest BCUT2D eigenvalue weighted by Crippen LogP contribution is -2.12. The quantitative estimate of drug-likeness (QED) is 0.829. The molecular formula is C10H11ClN2O. The Kier molecular flexibility index (Phi) is 2.44. The Balaban J connectivity index is 2.56. The minimum Gasteiger partial charge on any atom is -0.437 e. The molecule has 1 aromatic heterocycles. The molecule has 0 spiro atoms. The van der Waals surface area contributed by atoms with Crippen LogP contribution in [0.5, 0.6) is 0 Å². The lowest BCUT2D eigenvalue weighted by molar-refractivity contribution is 0.456. The molecule has 2 rings (SSSR count). The molecule has 14 heavy (non-hydrogen) atoms. The van der Waals surface area contributed by atoms with Gasteiger partial charge < -0.3 is 9.73 Å². The number of hydrogen-bond acceptors (Lipinski definition) is 3. The van der Waals surface area contributed by atoms with Crippen LogP contribution in [0.4, 0.5) is 0 Å². The average Bonchev–Trinajstić information content (AvgIpc) is 2.62. The summed E-state index contributed by atoms with van der Waals surface area (Å²) in [6.07, 6.45) is 0. The van der Waals surface area contributed by atoms with Crippen LogP contribution in [0.25, 0.3) is 11.1 Å². The average molecular weight is 211 g/mol. The molecule has 1 aromatic carbocycles. The second-order valence-corrected chi connectivity index (χ2v) is 3.56. The highest BCUT2D eigenvalue weighted by molar-refractivity contribution is 6.34. The minimum absolute atomic E-state index is 0.0958. The van der Waals surface area contributed by atoms with E-state index in [0.29, 0.717) is 16.5 Å². The fourth-order valence-corrected chi connectivity index (χ4v) is 1.45. The van der Waals surface area contributed by atoms with Crippen molar-refractivity contribution in [3.63, 3.8) is 0 Å². The van der Waals surface area contributed by atoms with E-state index in [0.717, 1.165) is 5.52 Å². The number of aromatic nitrogens is 1. The summed E-state index contributed by atoms with van der Waals surface area (Å²) < 4.78 is 5.55. The Hall–Kier alpha value is -1.06. The number of halogens is 1. The fraction of sp³-hybridized carbons (Fsp3) is 0.300. The Morgan fingerprint density at radius 3 is 2.93 bits per heavy atom. The zero-order chi connectivity index (χ0) is 10.1. The van der Waals surface area contributed by atoms with Crippen LogP contribution in [0, 0.1) is 0 Å². The van der Waals surface area contributed by atoms with Crippen LogP contribution >= 0.6 is 11.6 Å². The van der Waals surface area contributed by atoms with Crippen molar-refractivity contribution in [3.05, 3.63) is 29.1 Å². The van der Waals surface area contributed by atoms with Gasteiger partial charge in [0.1, 0.15) is 5.52 Å². The summed E-state index contributed by atoms with van der Waals surface area (Å²) in [6, 6.07) is 5.64. The van der Waals surface area contributed by atoms with Crippen molar-refractivity contribution in [1.82, 2.24) is 10.3 Å². The van der Waals surface area contributed by atoms with Crippen molar-refractivity contribution in [2.24, 2.45) is 0 Å². The highest BCUT2D eigenvalue weighted by Gasteiger charge is 2.12. The maximum Gasteiger partial charge on any atom is 0.212 e. The molecular weight excluding hydrogens is 200 g/mol. The Morgan fingerprint density at radius 2 is 2.29 bits per heavy atom. The Morgan fingerprint density at radius 1 is 1.50 bits per heavy atom. The van der Waals surface area contributed by atoms with E-state index in [1.165, 1.54) is 0 Å². The normalized spacial score (nSPS) is 13.4. The molecule has 0 aliphatic carbocycles. The first-order valence-corrected chi connectivity index (χ1v) is 4.82. The highest BCUT2D eigenvalue weighted by atomic mass is 35.5. The summed E-state index contributed by atoms with van der Waals surface area (Å²) in [5.74, 6) is 0.663. The lowest BCUT2D eigenvalue weighted by atomic mass is 10.3. The summed E-state index contributed by atoms with van der Waals surface area (Å²) in [6.45, 7) is 1.98. The van der Waals surface area contributed by atoms with Gasteiger partial charge in [0.2, 0.25) is 5.89 Å². The number of benzene rings is 1. The molecule has 4 heteroatoms. The van der Waals surface area contributed by atoms with Crippen LogP contribution in [-0.2, 0) is 0 Å². The molecule has 0 saturated carbocycles. The van der Waals surface area contributed by atoms with Gasteiger partial charge in [-0.25, -0.2) is 4.98 Å². The zero-order valence-corrected chi connectivity index (χ0v) is 8.80. The van der Waals surface area contributed by atoms with Crippen LogP contribution < -0.4 is 5.32 Å². The molecule has 2 aromatic rings. The summed E-state index contributed by atoms with van der Waals surface area (Å²) in [4.78, 5) is 4.33. The predicted octanol–water partition coefficient (Wildman–Crippen LogP) is 2.76. The van der Waals surface area contributed by atoms with E-state index in [9.17, 15) is 0 Å². The van der Waals surface area contributed by atoms with E-state index in [-0.39, 0.29) is 6.04 Å². The number of nitrogens with zero attached hydrogens (tertiary/aromatic N) is 1. The lowest BCUT2D eigenvalue weighted by Gasteiger charge is -2.02. The van der Waals surface area contributed by atoms with Crippen molar-refractivity contribution in [2.75, 3.05) is 7.05 Å². The number of para-hydroxylation sites is 1. The van der Waals surface area contributed by atoms with Crippen molar-refractivity contribution in [3.8, 4) is 0 Å². The second-order valence-electron chi connectivity index (χ2n) is 3.15. The molecule has 0 fully saturated rings. The van der Waals surface area contributed by atoms with Crippen LogP contribution in [0.2, 0.25) is 5.02 Å². The Labute approximate surface area is 87.1 Å². The molecule has 1 atom stereocenters. The molecule has 0 aliphatic rings. The highest BCUT2D eigenvalue weighted by Crippen LogP contribution is 2.26. The van der Waals surface area contributed by atoms with Crippen molar-refractivity contribution < 1.29 is 4.42 Å². The van der Waals surface area contributed by atoms with E-state index in [4.69, 9.17) is 16.0 Å². The van der Waals surface area contributed by atoms with E-state index in [1.54, 1.807) is 6.07 Å². The standard InChI is InChI=1S/C10H11ClN2O/c1-6(12-2)10-13-8-5-3-4-7(11)9(8)14-10/h3-6,12H,1-2H3. The number of rotatable bonds is 2. The van der Waals surface area contributed by atoms with Crippen LogP contribution in [0.1, 0.15) is 18.9 Å². The summed E-state index contributed by atoms with van der Waals surface area (Å²) >= 11 is 5.96. The monoisotopic (exact) mass is 210 g/mol. The molecule has 1 unspecified atom stereocenters. The fourth-order valence-electron chi connectivity index (χ4n) is 1.24. The summed E-state index contributed by atoms with van der Waals surface area (Å²) in [5, 5.41) is 3.66. The third-order valence-corrected chi connectivity index (χ3v) is 2.48. The van der Waals surface area contributed by atoms with E-state index in [2.05, 4.69) is 10.3 Å². The number of oxazole rings is 1. The van der Waals surface area contributed by atoms with Gasteiger partial charge in [-0.2, -0.15) is 0 Å². The maximum absolute atomic E-state index is 5.96.